The monoisotopic (exact) mass is 284 g/mol. The summed E-state index contributed by atoms with van der Waals surface area (Å²) in [6.45, 7) is 3.89. The van der Waals surface area contributed by atoms with Crippen LogP contribution in [-0.4, -0.2) is 36.4 Å². The number of hydrogen-bond acceptors (Lipinski definition) is 4. The summed E-state index contributed by atoms with van der Waals surface area (Å²) in [6.07, 6.45) is 0. The predicted molar refractivity (Wildman–Crippen MR) is 76.9 cm³/mol. The highest BCUT2D eigenvalue weighted by atomic mass is 35.5. The second-order valence-electron chi connectivity index (χ2n) is 4.10. The van der Waals surface area contributed by atoms with E-state index in [0.717, 1.165) is 42.8 Å². The Morgan fingerprint density at radius 2 is 1.72 bits per heavy atom. The molecule has 2 heterocycles. The van der Waals surface area contributed by atoms with Crippen molar-refractivity contribution in [1.29, 1.82) is 0 Å². The third-order valence-corrected chi connectivity index (χ3v) is 3.32. The zero-order valence-corrected chi connectivity index (χ0v) is 11.3. The van der Waals surface area contributed by atoms with Crippen LogP contribution >= 0.6 is 24.0 Å². The van der Waals surface area contributed by atoms with Crippen LogP contribution in [0.15, 0.2) is 24.3 Å². The Morgan fingerprint density at radius 3 is 2.44 bits per heavy atom. The fourth-order valence-electron chi connectivity index (χ4n) is 2.17. The smallest absolute Gasteiger partial charge is 0.159 e. The van der Waals surface area contributed by atoms with E-state index < -0.39 is 0 Å². The number of fused-ring (bicyclic) bond motifs is 1. The summed E-state index contributed by atoms with van der Waals surface area (Å²) in [5.41, 5.74) is 0. The largest absolute Gasteiger partial charge is 0.352 e. The van der Waals surface area contributed by atoms with Crippen molar-refractivity contribution in [2.45, 2.75) is 0 Å². The maximum absolute atomic E-state index is 6.06. The van der Waals surface area contributed by atoms with E-state index in [9.17, 15) is 0 Å². The van der Waals surface area contributed by atoms with Crippen LogP contribution in [0.4, 0.5) is 5.82 Å². The van der Waals surface area contributed by atoms with Gasteiger partial charge in [0.25, 0.3) is 0 Å². The van der Waals surface area contributed by atoms with Crippen LogP contribution in [0.25, 0.3) is 10.8 Å². The molecule has 1 saturated heterocycles. The summed E-state index contributed by atoms with van der Waals surface area (Å²) in [5.74, 6) is 0.937. The molecular formula is C12H14Cl2N4. The molecule has 1 fully saturated rings. The number of nitrogens with one attached hydrogen (secondary N) is 1. The molecule has 18 heavy (non-hydrogen) atoms. The van der Waals surface area contributed by atoms with E-state index in [-0.39, 0.29) is 12.4 Å². The molecule has 0 saturated carbocycles. The van der Waals surface area contributed by atoms with E-state index in [1.54, 1.807) is 0 Å². The van der Waals surface area contributed by atoms with Gasteiger partial charge in [0.2, 0.25) is 0 Å². The molecule has 0 aliphatic carbocycles. The number of halogens is 2. The van der Waals surface area contributed by atoms with Gasteiger partial charge in [-0.25, -0.2) is 0 Å². The lowest BCUT2D eigenvalue weighted by Crippen LogP contribution is -2.44. The molecule has 96 valence electrons. The van der Waals surface area contributed by atoms with E-state index in [0.29, 0.717) is 5.15 Å². The highest BCUT2D eigenvalue weighted by Crippen LogP contribution is 2.27. The van der Waals surface area contributed by atoms with Gasteiger partial charge in [-0.2, -0.15) is 0 Å². The molecule has 0 spiro atoms. The molecule has 1 aromatic heterocycles. The molecule has 1 N–H and O–H groups in total. The van der Waals surface area contributed by atoms with Crippen LogP contribution in [0, 0.1) is 0 Å². The third kappa shape index (κ3) is 2.36. The Kier molecular flexibility index (Phi) is 4.22. The van der Waals surface area contributed by atoms with Crippen LogP contribution in [-0.2, 0) is 0 Å². The third-order valence-electron chi connectivity index (χ3n) is 3.04. The minimum Gasteiger partial charge on any atom is -0.352 e. The fraction of sp³-hybridized carbons (Fsp3) is 0.333. The van der Waals surface area contributed by atoms with Crippen molar-refractivity contribution >= 4 is 40.6 Å². The van der Waals surface area contributed by atoms with Gasteiger partial charge in [-0.05, 0) is 0 Å². The molecule has 0 atom stereocenters. The summed E-state index contributed by atoms with van der Waals surface area (Å²) in [5, 5.41) is 14.1. The zero-order valence-electron chi connectivity index (χ0n) is 9.77. The second-order valence-corrected chi connectivity index (χ2v) is 4.46. The second kappa shape index (κ2) is 5.69. The van der Waals surface area contributed by atoms with E-state index in [1.807, 2.05) is 24.3 Å². The molecule has 6 heteroatoms. The number of hydrogen-bond donors (Lipinski definition) is 1. The van der Waals surface area contributed by atoms with Crippen LogP contribution in [0.2, 0.25) is 5.15 Å². The molecule has 4 nitrogen and oxygen atoms in total. The van der Waals surface area contributed by atoms with Gasteiger partial charge in [-0.1, -0.05) is 35.9 Å². The molecule has 2 aromatic rings. The average molecular weight is 285 g/mol. The highest BCUT2D eigenvalue weighted by Gasteiger charge is 2.16. The van der Waals surface area contributed by atoms with Crippen molar-refractivity contribution in [2.24, 2.45) is 0 Å². The van der Waals surface area contributed by atoms with E-state index >= 15 is 0 Å². The number of piperazine rings is 1. The van der Waals surface area contributed by atoms with Crippen LogP contribution in [0.1, 0.15) is 0 Å². The van der Waals surface area contributed by atoms with Crippen LogP contribution in [0.3, 0.4) is 0 Å². The highest BCUT2D eigenvalue weighted by molar-refractivity contribution is 6.34. The van der Waals surface area contributed by atoms with Crippen molar-refractivity contribution < 1.29 is 0 Å². The fourth-order valence-corrected chi connectivity index (χ4v) is 2.37. The van der Waals surface area contributed by atoms with Gasteiger partial charge in [0.1, 0.15) is 0 Å². The first-order valence-corrected chi connectivity index (χ1v) is 6.10. The van der Waals surface area contributed by atoms with E-state index in [1.165, 1.54) is 0 Å². The Bertz CT molecular complexity index is 541. The first-order valence-electron chi connectivity index (χ1n) is 5.73. The maximum atomic E-state index is 6.06. The maximum Gasteiger partial charge on any atom is 0.159 e. The normalized spacial score (nSPS) is 15.5. The van der Waals surface area contributed by atoms with Gasteiger partial charge >= 0.3 is 0 Å². The van der Waals surface area contributed by atoms with Gasteiger partial charge in [-0.3, -0.25) is 0 Å². The lowest BCUT2D eigenvalue weighted by atomic mass is 10.2. The van der Waals surface area contributed by atoms with Gasteiger partial charge in [0.05, 0.1) is 0 Å². The summed E-state index contributed by atoms with van der Waals surface area (Å²) < 4.78 is 0. The van der Waals surface area contributed by atoms with Crippen molar-refractivity contribution in [1.82, 2.24) is 15.5 Å². The van der Waals surface area contributed by atoms with E-state index in [2.05, 4.69) is 20.4 Å². The Labute approximate surface area is 117 Å². The quantitative estimate of drug-likeness (QED) is 0.871. The van der Waals surface area contributed by atoms with Crippen molar-refractivity contribution in [3.8, 4) is 0 Å². The summed E-state index contributed by atoms with van der Waals surface area (Å²) >= 11 is 6.06. The van der Waals surface area contributed by atoms with Gasteiger partial charge in [0.15, 0.2) is 11.0 Å². The average Bonchev–Trinajstić information content (AvgIpc) is 2.41. The summed E-state index contributed by atoms with van der Waals surface area (Å²) in [6, 6.07) is 8.01. The summed E-state index contributed by atoms with van der Waals surface area (Å²) in [4.78, 5) is 2.25. The lowest BCUT2D eigenvalue weighted by Gasteiger charge is -2.28. The predicted octanol–water partition coefficient (Wildman–Crippen LogP) is 2.11. The topological polar surface area (TPSA) is 41.1 Å². The van der Waals surface area contributed by atoms with Gasteiger partial charge in [0, 0.05) is 37.0 Å². The van der Waals surface area contributed by atoms with Crippen molar-refractivity contribution in [3.63, 3.8) is 0 Å². The molecule has 1 aliphatic rings. The number of anilines is 1. The van der Waals surface area contributed by atoms with Crippen LogP contribution in [0.5, 0.6) is 0 Å². The zero-order chi connectivity index (χ0) is 11.7. The van der Waals surface area contributed by atoms with Gasteiger partial charge < -0.3 is 10.2 Å². The minimum absolute atomic E-state index is 0. The van der Waals surface area contributed by atoms with E-state index in [4.69, 9.17) is 11.6 Å². The van der Waals surface area contributed by atoms with Gasteiger partial charge in [-0.15, -0.1) is 22.6 Å². The standard InChI is InChI=1S/C12H13ClN4.ClH/c13-11-9-3-1-2-4-10(9)12(16-15-11)17-7-5-14-6-8-17;/h1-4,14H,5-8H2;1H. The molecule has 1 aromatic carbocycles. The lowest BCUT2D eigenvalue weighted by molar-refractivity contribution is 0.584. The first-order chi connectivity index (χ1) is 8.36. The Morgan fingerprint density at radius 1 is 1.06 bits per heavy atom. The molecule has 1 aliphatic heterocycles. The molecule has 3 rings (SSSR count). The molecule has 0 unspecified atom stereocenters. The SMILES string of the molecule is Cl.Clc1nnc(N2CCNCC2)c2ccccc12. The molecule has 0 radical (unpaired) electrons. The number of rotatable bonds is 1. The molecule has 0 bridgehead atoms. The Hall–Kier alpha value is -1.10. The summed E-state index contributed by atoms with van der Waals surface area (Å²) in [7, 11) is 0. The van der Waals surface area contributed by atoms with Crippen LogP contribution < -0.4 is 10.2 Å². The number of nitrogens with zero attached hydrogens (tertiary/aromatic N) is 3. The van der Waals surface area contributed by atoms with Crippen molar-refractivity contribution in [2.75, 3.05) is 31.1 Å². The molecular weight excluding hydrogens is 271 g/mol. The Balaban J connectivity index is 0.00000120. The molecule has 0 amide bonds. The minimum atomic E-state index is 0. The first kappa shape index (κ1) is 13.3. The number of aromatic nitrogens is 2. The number of benzene rings is 1. The van der Waals surface area contributed by atoms with Crippen molar-refractivity contribution in [3.05, 3.63) is 29.4 Å².